The second-order valence-corrected chi connectivity index (χ2v) is 4.87. The predicted molar refractivity (Wildman–Crippen MR) is 67.4 cm³/mol. The van der Waals surface area contributed by atoms with Crippen molar-refractivity contribution >= 4 is 0 Å². The maximum absolute atomic E-state index is 13.7. The molecular formula is C14H13F2N3. The van der Waals surface area contributed by atoms with Crippen LogP contribution in [-0.2, 0) is 5.41 Å². The van der Waals surface area contributed by atoms with Crippen LogP contribution in [0.15, 0.2) is 30.5 Å². The molecule has 0 atom stereocenters. The molecule has 0 spiro atoms. The van der Waals surface area contributed by atoms with Crippen LogP contribution in [-0.4, -0.2) is 16.5 Å². The van der Waals surface area contributed by atoms with Gasteiger partial charge in [0.1, 0.15) is 17.5 Å². The zero-order chi connectivity index (χ0) is 13.5. The number of benzene rings is 1. The molecule has 3 nitrogen and oxygen atoms in total. The SMILES string of the molecule is NCC1(c2nccc(-c3ccc(F)cc3F)n2)CC1. The Kier molecular flexibility index (Phi) is 2.78. The predicted octanol–water partition coefficient (Wildman–Crippen LogP) is 2.41. The monoisotopic (exact) mass is 261 g/mol. The molecule has 0 amide bonds. The van der Waals surface area contributed by atoms with Gasteiger partial charge in [-0.1, -0.05) is 0 Å². The number of hydrogen-bond acceptors (Lipinski definition) is 3. The van der Waals surface area contributed by atoms with E-state index in [0.29, 0.717) is 18.1 Å². The van der Waals surface area contributed by atoms with Gasteiger partial charge in [-0.05, 0) is 31.0 Å². The molecule has 2 aromatic rings. The third-order valence-electron chi connectivity index (χ3n) is 3.58. The zero-order valence-electron chi connectivity index (χ0n) is 10.2. The number of halogens is 2. The van der Waals surface area contributed by atoms with Crippen molar-refractivity contribution in [2.24, 2.45) is 5.73 Å². The largest absolute Gasteiger partial charge is 0.329 e. The van der Waals surface area contributed by atoms with Gasteiger partial charge in [-0.2, -0.15) is 0 Å². The van der Waals surface area contributed by atoms with Gasteiger partial charge in [0, 0.05) is 29.8 Å². The summed E-state index contributed by atoms with van der Waals surface area (Å²) in [7, 11) is 0. The molecule has 98 valence electrons. The highest BCUT2D eigenvalue weighted by molar-refractivity contribution is 5.59. The Morgan fingerprint density at radius 2 is 2.00 bits per heavy atom. The van der Waals surface area contributed by atoms with Crippen molar-refractivity contribution in [3.8, 4) is 11.3 Å². The Labute approximate surface area is 109 Å². The number of rotatable bonds is 3. The first-order valence-electron chi connectivity index (χ1n) is 6.14. The van der Waals surface area contributed by atoms with Crippen molar-refractivity contribution in [1.82, 2.24) is 9.97 Å². The second kappa shape index (κ2) is 4.35. The van der Waals surface area contributed by atoms with E-state index in [0.717, 1.165) is 18.9 Å². The minimum Gasteiger partial charge on any atom is -0.329 e. The lowest BCUT2D eigenvalue weighted by molar-refractivity contribution is 0.584. The highest BCUT2D eigenvalue weighted by Gasteiger charge is 2.45. The van der Waals surface area contributed by atoms with Crippen molar-refractivity contribution in [1.29, 1.82) is 0 Å². The third-order valence-corrected chi connectivity index (χ3v) is 3.58. The first kappa shape index (κ1) is 12.2. The van der Waals surface area contributed by atoms with Crippen LogP contribution >= 0.6 is 0 Å². The molecule has 0 bridgehead atoms. The third kappa shape index (κ3) is 2.10. The Morgan fingerprint density at radius 1 is 1.21 bits per heavy atom. The summed E-state index contributed by atoms with van der Waals surface area (Å²) in [5.74, 6) is -0.574. The van der Waals surface area contributed by atoms with Gasteiger partial charge in [0.25, 0.3) is 0 Å². The first-order chi connectivity index (χ1) is 9.14. The summed E-state index contributed by atoms with van der Waals surface area (Å²) in [6, 6.07) is 5.08. The van der Waals surface area contributed by atoms with Gasteiger partial charge in [0.2, 0.25) is 0 Å². The van der Waals surface area contributed by atoms with E-state index >= 15 is 0 Å². The molecule has 1 saturated carbocycles. The van der Waals surface area contributed by atoms with Crippen molar-refractivity contribution in [2.45, 2.75) is 18.3 Å². The summed E-state index contributed by atoms with van der Waals surface area (Å²) >= 11 is 0. The van der Waals surface area contributed by atoms with Gasteiger partial charge < -0.3 is 5.73 Å². The first-order valence-corrected chi connectivity index (χ1v) is 6.14. The van der Waals surface area contributed by atoms with E-state index in [1.807, 2.05) is 0 Å². The van der Waals surface area contributed by atoms with Crippen molar-refractivity contribution < 1.29 is 8.78 Å². The van der Waals surface area contributed by atoms with Crippen LogP contribution in [0, 0.1) is 11.6 Å². The van der Waals surface area contributed by atoms with E-state index in [-0.39, 0.29) is 11.0 Å². The molecule has 1 fully saturated rings. The molecule has 1 heterocycles. The van der Waals surface area contributed by atoms with E-state index < -0.39 is 11.6 Å². The number of nitrogens with zero attached hydrogens (tertiary/aromatic N) is 2. The molecule has 1 aromatic carbocycles. The average Bonchev–Trinajstić information content (AvgIpc) is 3.20. The number of nitrogens with two attached hydrogens (primary N) is 1. The molecule has 0 unspecified atom stereocenters. The molecule has 1 aromatic heterocycles. The molecule has 5 heteroatoms. The van der Waals surface area contributed by atoms with Gasteiger partial charge in [0.15, 0.2) is 0 Å². The molecule has 0 radical (unpaired) electrons. The average molecular weight is 261 g/mol. The Morgan fingerprint density at radius 3 is 2.63 bits per heavy atom. The van der Waals surface area contributed by atoms with Crippen LogP contribution in [0.5, 0.6) is 0 Å². The fourth-order valence-corrected chi connectivity index (χ4v) is 2.13. The van der Waals surface area contributed by atoms with E-state index in [2.05, 4.69) is 9.97 Å². The highest BCUT2D eigenvalue weighted by Crippen LogP contribution is 2.45. The lowest BCUT2D eigenvalue weighted by atomic mass is 10.1. The van der Waals surface area contributed by atoms with Crippen molar-refractivity contribution in [3.63, 3.8) is 0 Å². The summed E-state index contributed by atoms with van der Waals surface area (Å²) in [4.78, 5) is 8.61. The van der Waals surface area contributed by atoms with Gasteiger partial charge in [-0.15, -0.1) is 0 Å². The fraction of sp³-hybridized carbons (Fsp3) is 0.286. The highest BCUT2D eigenvalue weighted by atomic mass is 19.1. The Hall–Kier alpha value is -1.88. The summed E-state index contributed by atoms with van der Waals surface area (Å²) in [5, 5.41) is 0. The van der Waals surface area contributed by atoms with Gasteiger partial charge in [-0.25, -0.2) is 18.7 Å². The van der Waals surface area contributed by atoms with Crippen LogP contribution in [0.4, 0.5) is 8.78 Å². The van der Waals surface area contributed by atoms with E-state index in [9.17, 15) is 8.78 Å². The molecule has 0 aliphatic heterocycles. The molecule has 1 aliphatic rings. The second-order valence-electron chi connectivity index (χ2n) is 4.87. The van der Waals surface area contributed by atoms with Crippen LogP contribution in [0.25, 0.3) is 11.3 Å². The van der Waals surface area contributed by atoms with Crippen LogP contribution in [0.3, 0.4) is 0 Å². The van der Waals surface area contributed by atoms with Crippen LogP contribution in [0.2, 0.25) is 0 Å². The molecular weight excluding hydrogens is 248 g/mol. The molecule has 1 aliphatic carbocycles. The minimum absolute atomic E-state index is 0.146. The normalized spacial score (nSPS) is 16.4. The standard InChI is InChI=1S/C14H13F2N3/c15-9-1-2-10(11(16)7-9)12-3-6-18-13(19-12)14(8-17)4-5-14/h1-3,6-7H,4-5,8,17H2. The van der Waals surface area contributed by atoms with Crippen LogP contribution < -0.4 is 5.73 Å². The quantitative estimate of drug-likeness (QED) is 0.923. The molecule has 19 heavy (non-hydrogen) atoms. The Bertz CT molecular complexity index is 624. The van der Waals surface area contributed by atoms with E-state index in [1.165, 1.54) is 12.1 Å². The number of hydrogen-bond donors (Lipinski definition) is 1. The topological polar surface area (TPSA) is 51.8 Å². The van der Waals surface area contributed by atoms with E-state index in [4.69, 9.17) is 5.73 Å². The zero-order valence-corrected chi connectivity index (χ0v) is 10.2. The van der Waals surface area contributed by atoms with Gasteiger partial charge in [-0.3, -0.25) is 0 Å². The van der Waals surface area contributed by atoms with Crippen molar-refractivity contribution in [2.75, 3.05) is 6.54 Å². The molecule has 0 saturated heterocycles. The fourth-order valence-electron chi connectivity index (χ4n) is 2.13. The summed E-state index contributed by atoms with van der Waals surface area (Å²) in [5.41, 5.74) is 6.33. The number of aromatic nitrogens is 2. The maximum Gasteiger partial charge on any atom is 0.136 e. The summed E-state index contributed by atoms with van der Waals surface area (Å²) in [6.07, 6.45) is 3.51. The minimum atomic E-state index is -0.623. The lowest BCUT2D eigenvalue weighted by Crippen LogP contribution is -2.22. The lowest BCUT2D eigenvalue weighted by Gasteiger charge is -2.11. The van der Waals surface area contributed by atoms with Crippen LogP contribution in [0.1, 0.15) is 18.7 Å². The summed E-state index contributed by atoms with van der Waals surface area (Å²) in [6.45, 7) is 0.488. The van der Waals surface area contributed by atoms with Gasteiger partial charge >= 0.3 is 0 Å². The smallest absolute Gasteiger partial charge is 0.136 e. The van der Waals surface area contributed by atoms with E-state index in [1.54, 1.807) is 12.3 Å². The maximum atomic E-state index is 13.7. The summed E-state index contributed by atoms with van der Waals surface area (Å²) < 4.78 is 26.6. The Balaban J connectivity index is 2.04. The van der Waals surface area contributed by atoms with Gasteiger partial charge in [0.05, 0.1) is 5.69 Å². The van der Waals surface area contributed by atoms with Crippen molar-refractivity contribution in [3.05, 3.63) is 47.9 Å². The molecule has 2 N–H and O–H groups in total. The molecule has 3 rings (SSSR count).